The van der Waals surface area contributed by atoms with Gasteiger partial charge in [-0.15, -0.1) is 11.3 Å². The van der Waals surface area contributed by atoms with Gasteiger partial charge in [-0.1, -0.05) is 26.7 Å². The summed E-state index contributed by atoms with van der Waals surface area (Å²) in [5.41, 5.74) is 1.21. The first-order valence-corrected chi connectivity index (χ1v) is 7.34. The molecule has 0 atom stereocenters. The van der Waals surface area contributed by atoms with Crippen LogP contribution in [0.2, 0.25) is 0 Å². The predicted molar refractivity (Wildman–Crippen MR) is 71.1 cm³/mol. The van der Waals surface area contributed by atoms with E-state index in [0.29, 0.717) is 0 Å². The van der Waals surface area contributed by atoms with E-state index in [4.69, 9.17) is 0 Å². The van der Waals surface area contributed by atoms with Crippen LogP contribution in [-0.4, -0.2) is 11.5 Å². The molecule has 16 heavy (non-hydrogen) atoms. The van der Waals surface area contributed by atoms with Crippen molar-refractivity contribution < 1.29 is 0 Å². The van der Waals surface area contributed by atoms with Crippen LogP contribution in [0.15, 0.2) is 5.38 Å². The second-order valence-electron chi connectivity index (χ2n) is 5.00. The fraction of sp³-hybridized carbons (Fsp3) is 0.769. The number of nitrogens with one attached hydrogen (secondary N) is 1. The molecule has 0 spiro atoms. The second kappa shape index (κ2) is 5.67. The van der Waals surface area contributed by atoms with Crippen LogP contribution < -0.4 is 5.32 Å². The first kappa shape index (κ1) is 11.9. The number of aryl methyl sites for hydroxylation is 1. The molecule has 1 heterocycles. The molecule has 1 aliphatic rings. The summed E-state index contributed by atoms with van der Waals surface area (Å²) in [6, 6.07) is 0. The van der Waals surface area contributed by atoms with Crippen molar-refractivity contribution in [1.29, 1.82) is 0 Å². The summed E-state index contributed by atoms with van der Waals surface area (Å²) in [7, 11) is 0. The highest BCUT2D eigenvalue weighted by Gasteiger charge is 2.18. The van der Waals surface area contributed by atoms with E-state index in [9.17, 15) is 0 Å². The van der Waals surface area contributed by atoms with Gasteiger partial charge in [-0.3, -0.25) is 0 Å². The van der Waals surface area contributed by atoms with Gasteiger partial charge in [-0.2, -0.15) is 0 Å². The van der Waals surface area contributed by atoms with Gasteiger partial charge in [0.1, 0.15) is 0 Å². The summed E-state index contributed by atoms with van der Waals surface area (Å²) >= 11 is 1.74. The van der Waals surface area contributed by atoms with Gasteiger partial charge in [0.15, 0.2) is 5.13 Å². The smallest absolute Gasteiger partial charge is 0.182 e. The Labute approximate surface area is 102 Å². The van der Waals surface area contributed by atoms with E-state index in [1.807, 2.05) is 0 Å². The Morgan fingerprint density at radius 1 is 1.38 bits per heavy atom. The molecule has 2 nitrogen and oxygen atoms in total. The number of rotatable bonds is 4. The zero-order valence-corrected chi connectivity index (χ0v) is 11.1. The van der Waals surface area contributed by atoms with Crippen LogP contribution >= 0.6 is 11.3 Å². The molecule has 0 bridgehead atoms. The molecule has 1 aromatic rings. The predicted octanol–water partition coefficient (Wildman–Crippen LogP) is 3.94. The number of anilines is 1. The lowest BCUT2D eigenvalue weighted by atomic mass is 9.83. The Bertz CT molecular complexity index is 313. The highest BCUT2D eigenvalue weighted by molar-refractivity contribution is 7.13. The zero-order chi connectivity index (χ0) is 11.4. The molecule has 1 saturated carbocycles. The monoisotopic (exact) mass is 238 g/mol. The molecule has 0 saturated heterocycles. The first-order valence-electron chi connectivity index (χ1n) is 6.46. The topological polar surface area (TPSA) is 24.9 Å². The lowest BCUT2D eigenvalue weighted by Gasteiger charge is -2.26. The maximum atomic E-state index is 4.54. The Morgan fingerprint density at radius 2 is 2.12 bits per heavy atom. The van der Waals surface area contributed by atoms with Gasteiger partial charge in [0.25, 0.3) is 0 Å². The normalized spacial score (nSPS) is 25.6. The maximum Gasteiger partial charge on any atom is 0.182 e. The Balaban J connectivity index is 1.74. The number of hydrogen-bond donors (Lipinski definition) is 1. The van der Waals surface area contributed by atoms with Crippen LogP contribution in [0.1, 0.15) is 45.2 Å². The Morgan fingerprint density at radius 3 is 2.75 bits per heavy atom. The average molecular weight is 238 g/mol. The van der Waals surface area contributed by atoms with E-state index in [-0.39, 0.29) is 0 Å². The quantitative estimate of drug-likeness (QED) is 0.859. The number of thiazole rings is 1. The highest BCUT2D eigenvalue weighted by Crippen LogP contribution is 2.28. The van der Waals surface area contributed by atoms with Gasteiger partial charge >= 0.3 is 0 Å². The minimum absolute atomic E-state index is 0.866. The molecule has 1 aliphatic carbocycles. The van der Waals surface area contributed by atoms with Crippen LogP contribution in [0.25, 0.3) is 0 Å². The summed E-state index contributed by atoms with van der Waals surface area (Å²) in [6.45, 7) is 5.64. The maximum absolute atomic E-state index is 4.54. The van der Waals surface area contributed by atoms with Crippen LogP contribution in [-0.2, 0) is 6.42 Å². The minimum Gasteiger partial charge on any atom is -0.361 e. The van der Waals surface area contributed by atoms with E-state index in [0.717, 1.165) is 29.9 Å². The van der Waals surface area contributed by atoms with Crippen molar-refractivity contribution >= 4 is 16.5 Å². The molecular weight excluding hydrogens is 216 g/mol. The van der Waals surface area contributed by atoms with E-state index in [2.05, 4.69) is 29.5 Å². The van der Waals surface area contributed by atoms with Gasteiger partial charge in [0, 0.05) is 11.9 Å². The van der Waals surface area contributed by atoms with Gasteiger partial charge in [0.2, 0.25) is 0 Å². The summed E-state index contributed by atoms with van der Waals surface area (Å²) in [5, 5.41) is 6.76. The summed E-state index contributed by atoms with van der Waals surface area (Å²) in [5.74, 6) is 1.81. The summed E-state index contributed by atoms with van der Waals surface area (Å²) in [4.78, 5) is 4.54. The molecule has 1 aromatic heterocycles. The molecule has 0 amide bonds. The first-order chi connectivity index (χ1) is 7.78. The molecule has 1 fully saturated rings. The van der Waals surface area contributed by atoms with Crippen molar-refractivity contribution in [2.75, 3.05) is 11.9 Å². The van der Waals surface area contributed by atoms with Crippen molar-refractivity contribution in [2.24, 2.45) is 11.8 Å². The molecule has 0 aromatic carbocycles. The third-order valence-electron chi connectivity index (χ3n) is 3.59. The van der Waals surface area contributed by atoms with Crippen LogP contribution in [0.5, 0.6) is 0 Å². The third-order valence-corrected chi connectivity index (χ3v) is 4.44. The van der Waals surface area contributed by atoms with Gasteiger partial charge in [-0.25, -0.2) is 4.98 Å². The molecular formula is C13H22N2S. The fourth-order valence-electron chi connectivity index (χ4n) is 2.32. The minimum atomic E-state index is 0.866. The largest absolute Gasteiger partial charge is 0.361 e. The van der Waals surface area contributed by atoms with Crippen molar-refractivity contribution in [1.82, 2.24) is 4.98 Å². The van der Waals surface area contributed by atoms with Gasteiger partial charge in [-0.05, 0) is 31.1 Å². The molecule has 0 radical (unpaired) electrons. The van der Waals surface area contributed by atoms with Crippen molar-refractivity contribution in [3.63, 3.8) is 0 Å². The lowest BCUT2D eigenvalue weighted by molar-refractivity contribution is 0.300. The van der Waals surface area contributed by atoms with E-state index in [1.165, 1.54) is 31.4 Å². The number of nitrogens with zero attached hydrogens (tertiary/aromatic N) is 1. The van der Waals surface area contributed by atoms with E-state index < -0.39 is 0 Å². The Hall–Kier alpha value is -0.570. The standard InChI is InChI=1S/C13H22N2S/c1-3-12-9-16-13(15-12)14-8-11-6-4-10(2)5-7-11/h9-11H,3-8H2,1-2H3,(H,14,15). The Kier molecular flexibility index (Phi) is 4.22. The third kappa shape index (κ3) is 3.21. The SMILES string of the molecule is CCc1csc(NCC2CCC(C)CC2)n1. The van der Waals surface area contributed by atoms with E-state index >= 15 is 0 Å². The van der Waals surface area contributed by atoms with Crippen molar-refractivity contribution in [3.8, 4) is 0 Å². The molecule has 2 rings (SSSR count). The summed E-state index contributed by atoms with van der Waals surface area (Å²) in [6.07, 6.45) is 6.63. The van der Waals surface area contributed by atoms with Crippen LogP contribution in [0.4, 0.5) is 5.13 Å². The number of hydrogen-bond acceptors (Lipinski definition) is 3. The number of aromatic nitrogens is 1. The van der Waals surface area contributed by atoms with Crippen molar-refractivity contribution in [2.45, 2.75) is 46.0 Å². The van der Waals surface area contributed by atoms with Crippen molar-refractivity contribution in [3.05, 3.63) is 11.1 Å². The van der Waals surface area contributed by atoms with Gasteiger partial charge < -0.3 is 5.32 Å². The van der Waals surface area contributed by atoms with Gasteiger partial charge in [0.05, 0.1) is 5.69 Å². The molecule has 0 unspecified atom stereocenters. The average Bonchev–Trinajstić information content (AvgIpc) is 2.76. The molecule has 90 valence electrons. The summed E-state index contributed by atoms with van der Waals surface area (Å²) < 4.78 is 0. The fourth-order valence-corrected chi connectivity index (χ4v) is 3.12. The second-order valence-corrected chi connectivity index (χ2v) is 5.86. The zero-order valence-electron chi connectivity index (χ0n) is 10.3. The van der Waals surface area contributed by atoms with Crippen LogP contribution in [0, 0.1) is 11.8 Å². The van der Waals surface area contributed by atoms with E-state index in [1.54, 1.807) is 11.3 Å². The molecule has 0 aliphatic heterocycles. The van der Waals surface area contributed by atoms with Crippen LogP contribution in [0.3, 0.4) is 0 Å². The highest BCUT2D eigenvalue weighted by atomic mass is 32.1. The lowest BCUT2D eigenvalue weighted by Crippen LogP contribution is -2.20. The molecule has 3 heteroatoms. The molecule has 1 N–H and O–H groups in total.